The second-order valence-electron chi connectivity index (χ2n) is 12.0. The van der Waals surface area contributed by atoms with Crippen LogP contribution in [0.3, 0.4) is 0 Å². The molecule has 0 aliphatic heterocycles. The Bertz CT molecular complexity index is 1570. The van der Waals surface area contributed by atoms with Crippen LogP contribution < -0.4 is 4.31 Å². The Labute approximate surface area is 241 Å². The minimum Gasteiger partial charge on any atom is -0.505 e. The van der Waals surface area contributed by atoms with Crippen molar-refractivity contribution in [3.05, 3.63) is 98.5 Å². The zero-order valence-corrected chi connectivity index (χ0v) is 25.5. The molecule has 1 aliphatic rings. The van der Waals surface area contributed by atoms with Crippen LogP contribution in [0.2, 0.25) is 10.0 Å². The van der Waals surface area contributed by atoms with Gasteiger partial charge in [-0.05, 0) is 70.9 Å². The summed E-state index contributed by atoms with van der Waals surface area (Å²) in [7, 11) is -4.23. The summed E-state index contributed by atoms with van der Waals surface area (Å²) in [6, 6.07) is 14.1. The van der Waals surface area contributed by atoms with E-state index in [2.05, 4.69) is 20.8 Å². The van der Waals surface area contributed by atoms with Crippen molar-refractivity contribution in [2.24, 2.45) is 5.41 Å². The molecule has 0 spiro atoms. The van der Waals surface area contributed by atoms with Crippen LogP contribution in [0.4, 0.5) is 5.69 Å². The molecule has 0 saturated carbocycles. The number of aryl methyl sites for hydroxylation is 1. The molecule has 3 aromatic rings. The maximum Gasteiger partial charge on any atom is 0.265 e. The van der Waals surface area contributed by atoms with Gasteiger partial charge in [-0.3, -0.25) is 9.10 Å². The largest absolute Gasteiger partial charge is 0.505 e. The van der Waals surface area contributed by atoms with Gasteiger partial charge in [0.25, 0.3) is 10.0 Å². The Hall–Kier alpha value is -2.80. The van der Waals surface area contributed by atoms with Crippen molar-refractivity contribution >= 4 is 44.7 Å². The minimum absolute atomic E-state index is 0.0754. The number of benzene rings is 3. The molecule has 1 unspecified atom stereocenters. The molecule has 0 aromatic heterocycles. The summed E-state index contributed by atoms with van der Waals surface area (Å²) in [5, 5.41) is 10.1. The van der Waals surface area contributed by atoms with Gasteiger partial charge < -0.3 is 5.11 Å². The summed E-state index contributed by atoms with van der Waals surface area (Å²) in [6.45, 7) is 13.9. The van der Waals surface area contributed by atoms with Crippen LogP contribution in [-0.2, 0) is 15.4 Å². The van der Waals surface area contributed by atoms with Crippen LogP contribution in [0, 0.1) is 12.3 Å². The average Bonchev–Trinajstić information content (AvgIpc) is 2.82. The second kappa shape index (κ2) is 9.99. The number of rotatable bonds is 4. The van der Waals surface area contributed by atoms with Crippen LogP contribution in [-0.4, -0.2) is 19.3 Å². The van der Waals surface area contributed by atoms with Crippen molar-refractivity contribution in [2.45, 2.75) is 64.8 Å². The Morgan fingerprint density at radius 1 is 0.846 bits per heavy atom. The van der Waals surface area contributed by atoms with Crippen molar-refractivity contribution in [1.82, 2.24) is 0 Å². The number of anilines is 1. The summed E-state index contributed by atoms with van der Waals surface area (Å²) < 4.78 is 30.3. The lowest BCUT2D eigenvalue weighted by Gasteiger charge is -2.42. The molecule has 39 heavy (non-hydrogen) atoms. The standard InChI is InChI=1S/C31H33Cl2NO4S/c1-18-8-11-21(12-9-18)39(37,38)34(20-15-25(32)29(36)26(33)16-20)28-22-13-10-19(30(2,3)4)14-23(22)27(35)17-24(28)31(5,6)7/h8-17,28,36H,1-7H3. The first-order valence-corrected chi connectivity index (χ1v) is 14.8. The molecular formula is C31H33Cl2NO4S. The van der Waals surface area contributed by atoms with Crippen LogP contribution in [0.5, 0.6) is 5.75 Å². The highest BCUT2D eigenvalue weighted by atomic mass is 35.5. The number of carbonyl (C=O) groups is 1. The monoisotopic (exact) mass is 585 g/mol. The number of phenolic OH excluding ortho intramolecular Hbond substituents is 1. The number of carbonyl (C=O) groups excluding carboxylic acids is 1. The topological polar surface area (TPSA) is 74.7 Å². The van der Waals surface area contributed by atoms with E-state index in [9.17, 15) is 18.3 Å². The third kappa shape index (κ3) is 5.47. The predicted molar refractivity (Wildman–Crippen MR) is 159 cm³/mol. The first-order valence-electron chi connectivity index (χ1n) is 12.6. The van der Waals surface area contributed by atoms with Crippen LogP contribution in [0.25, 0.3) is 0 Å². The molecule has 8 heteroatoms. The highest BCUT2D eigenvalue weighted by Gasteiger charge is 2.43. The van der Waals surface area contributed by atoms with Crippen molar-refractivity contribution in [2.75, 3.05) is 4.31 Å². The van der Waals surface area contributed by atoms with Gasteiger partial charge in [-0.2, -0.15) is 0 Å². The van der Waals surface area contributed by atoms with Crippen LogP contribution in [0.15, 0.2) is 71.1 Å². The van der Waals surface area contributed by atoms with Crippen LogP contribution >= 0.6 is 23.2 Å². The molecule has 0 bridgehead atoms. The number of halogens is 2. The molecular weight excluding hydrogens is 553 g/mol. The van der Waals surface area contributed by atoms with Gasteiger partial charge in [-0.25, -0.2) is 8.42 Å². The molecule has 0 heterocycles. The minimum atomic E-state index is -4.23. The van der Waals surface area contributed by atoms with E-state index >= 15 is 0 Å². The van der Waals surface area contributed by atoms with Crippen molar-refractivity contribution < 1.29 is 18.3 Å². The maximum atomic E-state index is 14.5. The van der Waals surface area contributed by atoms with E-state index < -0.39 is 21.5 Å². The highest BCUT2D eigenvalue weighted by molar-refractivity contribution is 7.92. The number of sulfonamides is 1. The number of phenols is 1. The molecule has 206 valence electrons. The third-order valence-electron chi connectivity index (χ3n) is 7.00. The fraction of sp³-hybridized carbons (Fsp3) is 0.323. The molecule has 0 fully saturated rings. The number of nitrogens with zero attached hydrogens (tertiary/aromatic N) is 1. The molecule has 3 aromatic carbocycles. The molecule has 0 radical (unpaired) electrons. The van der Waals surface area contributed by atoms with E-state index in [1.165, 1.54) is 16.4 Å². The zero-order chi connectivity index (χ0) is 29.1. The Morgan fingerprint density at radius 3 is 1.92 bits per heavy atom. The summed E-state index contributed by atoms with van der Waals surface area (Å²) in [5.41, 5.74) is 2.89. The SMILES string of the molecule is Cc1ccc(S(=O)(=O)N(c2cc(Cl)c(O)c(Cl)c2)C2C(C(C)(C)C)=CC(=O)c3cc(C(C)(C)C)ccc32)cc1. The molecule has 0 saturated heterocycles. The molecule has 1 N–H and O–H groups in total. The van der Waals surface area contributed by atoms with Gasteiger partial charge in [-0.1, -0.05) is 94.6 Å². The highest BCUT2D eigenvalue weighted by Crippen LogP contribution is 2.49. The van der Waals surface area contributed by atoms with Gasteiger partial charge in [0.15, 0.2) is 11.5 Å². The number of hydrogen-bond donors (Lipinski definition) is 1. The molecule has 5 nitrogen and oxygen atoms in total. The fourth-order valence-corrected chi connectivity index (χ4v) is 6.82. The van der Waals surface area contributed by atoms with E-state index in [1.54, 1.807) is 30.3 Å². The van der Waals surface area contributed by atoms with E-state index in [-0.39, 0.29) is 37.6 Å². The van der Waals surface area contributed by atoms with E-state index in [0.29, 0.717) is 16.7 Å². The van der Waals surface area contributed by atoms with Gasteiger partial charge >= 0.3 is 0 Å². The molecule has 4 rings (SSSR count). The maximum absolute atomic E-state index is 14.5. The lowest BCUT2D eigenvalue weighted by atomic mass is 9.73. The van der Waals surface area contributed by atoms with Gasteiger partial charge in [0.05, 0.1) is 26.7 Å². The number of allylic oxidation sites excluding steroid dienone is 1. The first-order chi connectivity index (χ1) is 17.9. The number of aromatic hydroxyl groups is 1. The number of hydrogen-bond acceptors (Lipinski definition) is 4. The molecule has 0 amide bonds. The first kappa shape index (κ1) is 29.2. The van der Waals surface area contributed by atoms with Gasteiger partial charge in [0.1, 0.15) is 0 Å². The number of fused-ring (bicyclic) bond motifs is 1. The lowest BCUT2D eigenvalue weighted by Crippen LogP contribution is -2.41. The third-order valence-corrected chi connectivity index (χ3v) is 9.38. The Balaban J connectivity index is 2.10. The fourth-order valence-electron chi connectivity index (χ4n) is 4.75. The predicted octanol–water partition coefficient (Wildman–Crippen LogP) is 8.41. The van der Waals surface area contributed by atoms with Gasteiger partial charge in [0, 0.05) is 5.56 Å². The summed E-state index contributed by atoms with van der Waals surface area (Å²) in [4.78, 5) is 13.6. The average molecular weight is 587 g/mol. The molecule has 1 aliphatic carbocycles. The number of ketones is 1. The summed E-state index contributed by atoms with van der Waals surface area (Å²) >= 11 is 12.6. The second-order valence-corrected chi connectivity index (χ2v) is 14.7. The Kier molecular flexibility index (Phi) is 7.48. The van der Waals surface area contributed by atoms with E-state index in [0.717, 1.165) is 11.1 Å². The lowest BCUT2D eigenvalue weighted by molar-refractivity contribution is 0.103. The van der Waals surface area contributed by atoms with Crippen molar-refractivity contribution in [1.29, 1.82) is 0 Å². The van der Waals surface area contributed by atoms with E-state index in [4.69, 9.17) is 23.2 Å². The smallest absolute Gasteiger partial charge is 0.265 e. The quantitative estimate of drug-likeness (QED) is 0.333. The summed E-state index contributed by atoms with van der Waals surface area (Å²) in [5.74, 6) is -0.512. The van der Waals surface area contributed by atoms with Crippen LogP contribution in [0.1, 0.15) is 74.6 Å². The zero-order valence-electron chi connectivity index (χ0n) is 23.1. The van der Waals surface area contributed by atoms with Crippen molar-refractivity contribution in [3.8, 4) is 5.75 Å². The van der Waals surface area contributed by atoms with Crippen molar-refractivity contribution in [3.63, 3.8) is 0 Å². The normalized spacial score (nSPS) is 16.1. The molecule has 1 atom stereocenters. The van der Waals surface area contributed by atoms with E-state index in [1.807, 2.05) is 45.9 Å². The Morgan fingerprint density at radius 2 is 1.41 bits per heavy atom. The van der Waals surface area contributed by atoms with Gasteiger partial charge in [0.2, 0.25) is 0 Å². The summed E-state index contributed by atoms with van der Waals surface area (Å²) in [6.07, 6.45) is 1.56. The van der Waals surface area contributed by atoms with Gasteiger partial charge in [-0.15, -0.1) is 0 Å².